The Morgan fingerprint density at radius 3 is 2.39 bits per heavy atom. The SMILES string of the molecule is CC[C@H](C(=O)NC(C)(C)C)N(Cc1ccc(Cl)c(Cl)c1)C(=O)CCc1ccc2c(c1)OCO2. The van der Waals surface area contributed by atoms with Crippen LogP contribution >= 0.6 is 23.2 Å². The van der Waals surface area contributed by atoms with Crippen LogP contribution in [0.3, 0.4) is 0 Å². The molecule has 0 saturated heterocycles. The van der Waals surface area contributed by atoms with E-state index in [9.17, 15) is 9.59 Å². The van der Waals surface area contributed by atoms with Gasteiger partial charge in [0.15, 0.2) is 11.5 Å². The van der Waals surface area contributed by atoms with E-state index >= 15 is 0 Å². The monoisotopic (exact) mass is 492 g/mol. The van der Waals surface area contributed by atoms with Gasteiger partial charge in [0, 0.05) is 18.5 Å². The van der Waals surface area contributed by atoms with Crippen molar-refractivity contribution in [1.82, 2.24) is 10.2 Å². The van der Waals surface area contributed by atoms with Gasteiger partial charge in [-0.3, -0.25) is 9.59 Å². The van der Waals surface area contributed by atoms with E-state index < -0.39 is 11.6 Å². The molecule has 1 aliphatic heterocycles. The molecular formula is C25H30Cl2N2O4. The first-order chi connectivity index (χ1) is 15.6. The van der Waals surface area contributed by atoms with Gasteiger partial charge in [-0.15, -0.1) is 0 Å². The van der Waals surface area contributed by atoms with Crippen molar-refractivity contribution >= 4 is 35.0 Å². The number of carbonyl (C=O) groups is 2. The van der Waals surface area contributed by atoms with E-state index in [2.05, 4.69) is 5.32 Å². The molecule has 0 aromatic heterocycles. The first-order valence-electron chi connectivity index (χ1n) is 11.0. The largest absolute Gasteiger partial charge is 0.454 e. The van der Waals surface area contributed by atoms with E-state index in [-0.39, 0.29) is 31.6 Å². The third-order valence-electron chi connectivity index (χ3n) is 5.29. The molecule has 178 valence electrons. The standard InChI is InChI=1S/C25H30Cl2N2O4/c1-5-20(24(31)28-25(2,3)4)29(14-17-6-9-18(26)19(27)12-17)23(30)11-8-16-7-10-21-22(13-16)33-15-32-21/h6-7,9-10,12-13,20H,5,8,11,14-15H2,1-4H3,(H,28,31)/t20-/m1/s1. The molecule has 2 aromatic rings. The number of nitrogens with one attached hydrogen (secondary N) is 1. The molecule has 0 bridgehead atoms. The maximum Gasteiger partial charge on any atom is 0.243 e. The quantitative estimate of drug-likeness (QED) is 0.537. The summed E-state index contributed by atoms with van der Waals surface area (Å²) in [5.41, 5.74) is 1.37. The number of aryl methyl sites for hydroxylation is 1. The Balaban J connectivity index is 1.80. The molecule has 0 radical (unpaired) electrons. The minimum absolute atomic E-state index is 0.116. The average molecular weight is 493 g/mol. The second-order valence-electron chi connectivity index (χ2n) is 9.12. The highest BCUT2D eigenvalue weighted by atomic mass is 35.5. The van der Waals surface area contributed by atoms with Crippen molar-refractivity contribution in [3.8, 4) is 11.5 Å². The summed E-state index contributed by atoms with van der Waals surface area (Å²) >= 11 is 12.2. The lowest BCUT2D eigenvalue weighted by molar-refractivity contribution is -0.142. The smallest absolute Gasteiger partial charge is 0.243 e. The molecule has 0 aliphatic carbocycles. The molecule has 1 heterocycles. The Labute approximate surface area is 205 Å². The number of fused-ring (bicyclic) bond motifs is 1. The summed E-state index contributed by atoms with van der Waals surface area (Å²) in [5, 5.41) is 3.86. The fourth-order valence-corrected chi connectivity index (χ4v) is 4.02. The highest BCUT2D eigenvalue weighted by molar-refractivity contribution is 6.42. The van der Waals surface area contributed by atoms with Gasteiger partial charge in [0.2, 0.25) is 18.6 Å². The molecule has 2 amide bonds. The maximum absolute atomic E-state index is 13.4. The minimum atomic E-state index is -0.608. The average Bonchev–Trinajstić information content (AvgIpc) is 3.21. The van der Waals surface area contributed by atoms with Gasteiger partial charge in [0.25, 0.3) is 0 Å². The topological polar surface area (TPSA) is 67.9 Å². The predicted octanol–water partition coefficient (Wildman–Crippen LogP) is 5.38. The van der Waals surface area contributed by atoms with Gasteiger partial charge in [-0.2, -0.15) is 0 Å². The molecule has 0 fully saturated rings. The highest BCUT2D eigenvalue weighted by Gasteiger charge is 2.30. The molecule has 1 N–H and O–H groups in total. The van der Waals surface area contributed by atoms with E-state index in [1.807, 2.05) is 52.0 Å². The summed E-state index contributed by atoms with van der Waals surface area (Å²) in [7, 11) is 0. The number of hydrogen-bond donors (Lipinski definition) is 1. The van der Waals surface area contributed by atoms with Gasteiger partial charge in [0.1, 0.15) is 6.04 Å². The number of ether oxygens (including phenoxy) is 2. The molecular weight excluding hydrogens is 463 g/mol. The fraction of sp³-hybridized carbons (Fsp3) is 0.440. The van der Waals surface area contributed by atoms with Crippen LogP contribution in [0.4, 0.5) is 0 Å². The molecule has 33 heavy (non-hydrogen) atoms. The van der Waals surface area contributed by atoms with E-state index in [1.165, 1.54) is 0 Å². The van der Waals surface area contributed by atoms with Crippen LogP contribution in [0, 0.1) is 0 Å². The summed E-state index contributed by atoms with van der Waals surface area (Å²) in [6, 6.07) is 10.3. The second kappa shape index (κ2) is 10.7. The van der Waals surface area contributed by atoms with Crippen molar-refractivity contribution in [3.05, 3.63) is 57.6 Å². The molecule has 0 saturated carbocycles. The fourth-order valence-electron chi connectivity index (χ4n) is 3.70. The van der Waals surface area contributed by atoms with Crippen LogP contribution in [0.15, 0.2) is 36.4 Å². The lowest BCUT2D eigenvalue weighted by atomic mass is 10.0. The summed E-state index contributed by atoms with van der Waals surface area (Å²) in [4.78, 5) is 28.1. The molecule has 0 spiro atoms. The molecule has 2 aromatic carbocycles. The van der Waals surface area contributed by atoms with Crippen molar-refractivity contribution in [3.63, 3.8) is 0 Å². The van der Waals surface area contributed by atoms with Crippen LogP contribution in [0.1, 0.15) is 51.7 Å². The number of halogens is 2. The number of carbonyl (C=O) groups excluding carboxylic acids is 2. The lowest BCUT2D eigenvalue weighted by Gasteiger charge is -2.33. The van der Waals surface area contributed by atoms with Crippen molar-refractivity contribution < 1.29 is 19.1 Å². The third kappa shape index (κ3) is 6.78. The van der Waals surface area contributed by atoms with Gasteiger partial charge >= 0.3 is 0 Å². The number of rotatable bonds is 8. The van der Waals surface area contributed by atoms with Crippen molar-refractivity contribution in [2.24, 2.45) is 0 Å². The van der Waals surface area contributed by atoms with Crippen molar-refractivity contribution in [2.45, 2.75) is 65.1 Å². The number of hydrogen-bond acceptors (Lipinski definition) is 4. The Morgan fingerprint density at radius 2 is 1.73 bits per heavy atom. The van der Waals surface area contributed by atoms with Crippen LogP contribution in [0.2, 0.25) is 10.0 Å². The van der Waals surface area contributed by atoms with E-state index in [0.29, 0.717) is 34.4 Å². The molecule has 1 aliphatic rings. The van der Waals surface area contributed by atoms with Crippen LogP contribution in [-0.4, -0.2) is 35.1 Å². The van der Waals surface area contributed by atoms with Gasteiger partial charge in [-0.05, 0) is 69.0 Å². The number of nitrogens with zero attached hydrogens (tertiary/aromatic N) is 1. The normalized spacial score (nSPS) is 13.5. The Hall–Kier alpha value is -2.44. The summed E-state index contributed by atoms with van der Waals surface area (Å²) < 4.78 is 10.8. The van der Waals surface area contributed by atoms with Gasteiger partial charge in [-0.25, -0.2) is 0 Å². The summed E-state index contributed by atoms with van der Waals surface area (Å²) in [5.74, 6) is 1.09. The predicted molar refractivity (Wildman–Crippen MR) is 130 cm³/mol. The Bertz CT molecular complexity index is 1020. The maximum atomic E-state index is 13.4. The highest BCUT2D eigenvalue weighted by Crippen LogP contribution is 2.33. The second-order valence-corrected chi connectivity index (χ2v) is 9.94. The zero-order chi connectivity index (χ0) is 24.2. The molecule has 8 heteroatoms. The van der Waals surface area contributed by atoms with Crippen LogP contribution in [-0.2, 0) is 22.6 Å². The molecule has 3 rings (SSSR count). The van der Waals surface area contributed by atoms with E-state index in [1.54, 1.807) is 17.0 Å². The zero-order valence-electron chi connectivity index (χ0n) is 19.4. The third-order valence-corrected chi connectivity index (χ3v) is 6.02. The first-order valence-corrected chi connectivity index (χ1v) is 11.8. The van der Waals surface area contributed by atoms with E-state index in [4.69, 9.17) is 32.7 Å². The first kappa shape index (κ1) is 25.2. The lowest BCUT2D eigenvalue weighted by Crippen LogP contribution is -2.53. The molecule has 0 unspecified atom stereocenters. The Morgan fingerprint density at radius 1 is 1.03 bits per heavy atom. The van der Waals surface area contributed by atoms with Gasteiger partial charge in [0.05, 0.1) is 10.0 Å². The zero-order valence-corrected chi connectivity index (χ0v) is 20.9. The minimum Gasteiger partial charge on any atom is -0.454 e. The molecule has 1 atom stereocenters. The van der Waals surface area contributed by atoms with Gasteiger partial charge in [-0.1, -0.05) is 42.3 Å². The van der Waals surface area contributed by atoms with Crippen LogP contribution in [0.5, 0.6) is 11.5 Å². The number of benzene rings is 2. The van der Waals surface area contributed by atoms with Gasteiger partial charge < -0.3 is 19.7 Å². The Kier molecular flexibility index (Phi) is 8.14. The van der Waals surface area contributed by atoms with Crippen molar-refractivity contribution in [1.29, 1.82) is 0 Å². The van der Waals surface area contributed by atoms with Crippen LogP contribution < -0.4 is 14.8 Å². The summed E-state index contributed by atoms with van der Waals surface area (Å²) in [6.07, 6.45) is 1.25. The van der Waals surface area contributed by atoms with E-state index in [0.717, 1.165) is 11.1 Å². The number of amides is 2. The van der Waals surface area contributed by atoms with Crippen LogP contribution in [0.25, 0.3) is 0 Å². The molecule has 6 nitrogen and oxygen atoms in total. The summed E-state index contributed by atoms with van der Waals surface area (Å²) in [6.45, 7) is 8.12. The van der Waals surface area contributed by atoms with Crippen molar-refractivity contribution in [2.75, 3.05) is 6.79 Å².